The molecule has 7 nitrogen and oxygen atoms in total. The molecule has 0 unspecified atom stereocenters. The summed E-state index contributed by atoms with van der Waals surface area (Å²) in [6, 6.07) is 15.4. The number of aromatic hydroxyl groups is 1. The molecule has 1 aliphatic heterocycles. The first-order valence-corrected chi connectivity index (χ1v) is 9.94. The highest BCUT2D eigenvalue weighted by Gasteiger charge is 2.32. The van der Waals surface area contributed by atoms with Gasteiger partial charge in [-0.15, -0.1) is 0 Å². The summed E-state index contributed by atoms with van der Waals surface area (Å²) in [4.78, 5) is 31.0. The molecule has 0 bridgehead atoms. The number of hydrogen-bond donors (Lipinski definition) is 2. The topological polar surface area (TPSA) is 101 Å². The van der Waals surface area contributed by atoms with Crippen LogP contribution in [0.2, 0.25) is 0 Å². The largest absolute Gasteiger partial charge is 0.501 e. The Morgan fingerprint density at radius 2 is 1.77 bits per heavy atom. The molecule has 1 aliphatic rings. The lowest BCUT2D eigenvalue weighted by atomic mass is 9.97. The van der Waals surface area contributed by atoms with E-state index in [1.54, 1.807) is 9.47 Å². The number of aromatic nitrogens is 2. The average molecular weight is 404 g/mol. The predicted octanol–water partition coefficient (Wildman–Crippen LogP) is 2.65. The molecular weight excluding hydrogens is 380 g/mol. The van der Waals surface area contributed by atoms with Gasteiger partial charge in [-0.05, 0) is 42.7 Å². The summed E-state index contributed by atoms with van der Waals surface area (Å²) >= 11 is 0. The van der Waals surface area contributed by atoms with Crippen LogP contribution in [0.5, 0.6) is 5.75 Å². The minimum absolute atomic E-state index is 0.0231. The Kier molecular flexibility index (Phi) is 5.03. The molecule has 0 radical (unpaired) electrons. The number of anilines is 1. The number of rotatable bonds is 4. The van der Waals surface area contributed by atoms with Gasteiger partial charge in [-0.2, -0.15) is 4.98 Å². The molecule has 2 aromatic carbocycles. The Hall–Kier alpha value is -3.61. The Bertz CT molecular complexity index is 1170. The van der Waals surface area contributed by atoms with E-state index in [1.165, 1.54) is 0 Å². The van der Waals surface area contributed by atoms with Crippen molar-refractivity contribution in [3.63, 3.8) is 0 Å². The van der Waals surface area contributed by atoms with Crippen LogP contribution in [0.3, 0.4) is 0 Å². The minimum atomic E-state index is -0.778. The third-order valence-corrected chi connectivity index (χ3v) is 5.48. The maximum absolute atomic E-state index is 12.9. The standard InChI is InChI=1S/C23H24N4O3/c1-14(2)26-11-12-27-19(25-22(29)21(28)20(27)23(26)30)13-16-5-3-4-6-18(16)15-7-9-17(24)10-8-15/h3-10,14,28H,11-13,24H2,1-2H3. The van der Waals surface area contributed by atoms with Crippen LogP contribution in [0.4, 0.5) is 5.69 Å². The SMILES string of the molecule is CC(C)N1CCn2c(Cc3ccccc3-c3ccc(N)cc3)nc(=O)c(O)c2C1=O. The molecule has 2 heterocycles. The fourth-order valence-corrected chi connectivity index (χ4v) is 3.91. The van der Waals surface area contributed by atoms with Crippen molar-refractivity contribution in [3.8, 4) is 16.9 Å². The normalized spacial score (nSPS) is 13.6. The van der Waals surface area contributed by atoms with Crippen molar-refractivity contribution in [2.45, 2.75) is 32.9 Å². The summed E-state index contributed by atoms with van der Waals surface area (Å²) in [5.74, 6) is -0.463. The second kappa shape index (κ2) is 7.67. The van der Waals surface area contributed by atoms with Crippen molar-refractivity contribution in [1.29, 1.82) is 0 Å². The van der Waals surface area contributed by atoms with Gasteiger partial charge in [-0.25, -0.2) is 0 Å². The van der Waals surface area contributed by atoms with Gasteiger partial charge in [0.1, 0.15) is 5.82 Å². The minimum Gasteiger partial charge on any atom is -0.501 e. The maximum atomic E-state index is 12.9. The molecule has 154 valence electrons. The number of amides is 1. The number of benzene rings is 2. The van der Waals surface area contributed by atoms with Crippen LogP contribution in [0.15, 0.2) is 53.3 Å². The number of fused-ring (bicyclic) bond motifs is 1. The highest BCUT2D eigenvalue weighted by molar-refractivity contribution is 5.95. The molecule has 7 heteroatoms. The van der Waals surface area contributed by atoms with Crippen molar-refractivity contribution in [2.24, 2.45) is 0 Å². The smallest absolute Gasteiger partial charge is 0.315 e. The van der Waals surface area contributed by atoms with Gasteiger partial charge in [0.15, 0.2) is 5.69 Å². The molecule has 0 saturated heterocycles. The van der Waals surface area contributed by atoms with Crippen LogP contribution in [-0.4, -0.2) is 38.1 Å². The van der Waals surface area contributed by atoms with Gasteiger partial charge in [0.05, 0.1) is 0 Å². The lowest BCUT2D eigenvalue weighted by molar-refractivity contribution is 0.0638. The van der Waals surface area contributed by atoms with Gasteiger partial charge >= 0.3 is 5.56 Å². The maximum Gasteiger partial charge on any atom is 0.315 e. The molecule has 3 aromatic rings. The van der Waals surface area contributed by atoms with Crippen LogP contribution in [-0.2, 0) is 13.0 Å². The van der Waals surface area contributed by atoms with E-state index in [1.807, 2.05) is 62.4 Å². The number of nitrogens with two attached hydrogens (primary N) is 1. The van der Waals surface area contributed by atoms with Gasteiger partial charge < -0.3 is 20.3 Å². The Labute approximate surface area is 174 Å². The van der Waals surface area contributed by atoms with Crippen LogP contribution in [0, 0.1) is 0 Å². The second-order valence-electron chi connectivity index (χ2n) is 7.73. The first-order valence-electron chi connectivity index (χ1n) is 9.94. The zero-order valence-electron chi connectivity index (χ0n) is 17.0. The summed E-state index contributed by atoms with van der Waals surface area (Å²) in [5.41, 5.74) is 8.71. The predicted molar refractivity (Wildman–Crippen MR) is 115 cm³/mol. The molecule has 30 heavy (non-hydrogen) atoms. The quantitative estimate of drug-likeness (QED) is 0.651. The van der Waals surface area contributed by atoms with Gasteiger partial charge in [0, 0.05) is 31.2 Å². The molecule has 0 spiro atoms. The number of nitrogen functional groups attached to an aromatic ring is 1. The first-order chi connectivity index (χ1) is 14.4. The average Bonchev–Trinajstić information content (AvgIpc) is 2.72. The van der Waals surface area contributed by atoms with Crippen LogP contribution in [0.1, 0.15) is 35.7 Å². The third-order valence-electron chi connectivity index (χ3n) is 5.48. The fraction of sp³-hybridized carbons (Fsp3) is 0.261. The third kappa shape index (κ3) is 3.43. The van der Waals surface area contributed by atoms with E-state index in [-0.39, 0.29) is 17.6 Å². The van der Waals surface area contributed by atoms with E-state index in [0.717, 1.165) is 16.7 Å². The Balaban J connectivity index is 1.80. The molecule has 0 fully saturated rings. The van der Waals surface area contributed by atoms with Crippen molar-refractivity contribution >= 4 is 11.6 Å². The molecule has 3 N–H and O–H groups in total. The van der Waals surface area contributed by atoms with E-state index in [2.05, 4.69) is 4.98 Å². The monoisotopic (exact) mass is 404 g/mol. The van der Waals surface area contributed by atoms with Crippen LogP contribution < -0.4 is 11.3 Å². The van der Waals surface area contributed by atoms with Crippen molar-refractivity contribution in [2.75, 3.05) is 12.3 Å². The summed E-state index contributed by atoms with van der Waals surface area (Å²) in [6.07, 6.45) is 0.359. The lowest BCUT2D eigenvalue weighted by Gasteiger charge is -2.34. The second-order valence-corrected chi connectivity index (χ2v) is 7.73. The van der Waals surface area contributed by atoms with Crippen molar-refractivity contribution in [3.05, 3.63) is 76.0 Å². The number of carbonyl (C=O) groups excluding carboxylic acids is 1. The van der Waals surface area contributed by atoms with Crippen molar-refractivity contribution < 1.29 is 9.90 Å². The van der Waals surface area contributed by atoms with Gasteiger partial charge in [0.25, 0.3) is 5.91 Å². The highest BCUT2D eigenvalue weighted by Crippen LogP contribution is 2.28. The molecule has 1 aromatic heterocycles. The van der Waals surface area contributed by atoms with E-state index in [4.69, 9.17) is 5.73 Å². The molecule has 0 saturated carbocycles. The van der Waals surface area contributed by atoms with E-state index < -0.39 is 11.3 Å². The number of hydrogen-bond acceptors (Lipinski definition) is 5. The summed E-state index contributed by atoms with van der Waals surface area (Å²) in [5, 5.41) is 10.3. The summed E-state index contributed by atoms with van der Waals surface area (Å²) < 4.78 is 1.68. The van der Waals surface area contributed by atoms with Gasteiger partial charge in [-0.3, -0.25) is 9.59 Å². The fourth-order valence-electron chi connectivity index (χ4n) is 3.91. The molecule has 0 aliphatic carbocycles. The highest BCUT2D eigenvalue weighted by atomic mass is 16.3. The van der Waals surface area contributed by atoms with Crippen LogP contribution in [0.25, 0.3) is 11.1 Å². The molecule has 0 atom stereocenters. The van der Waals surface area contributed by atoms with E-state index in [0.29, 0.717) is 31.0 Å². The first kappa shape index (κ1) is 19.7. The van der Waals surface area contributed by atoms with E-state index in [9.17, 15) is 14.7 Å². The molecular formula is C23H24N4O3. The van der Waals surface area contributed by atoms with Crippen LogP contribution >= 0.6 is 0 Å². The number of carbonyl (C=O) groups is 1. The Morgan fingerprint density at radius 3 is 2.47 bits per heavy atom. The number of nitrogens with zero attached hydrogens (tertiary/aromatic N) is 3. The van der Waals surface area contributed by atoms with E-state index >= 15 is 0 Å². The van der Waals surface area contributed by atoms with Gasteiger partial charge in [0.2, 0.25) is 5.75 Å². The molecule has 1 amide bonds. The lowest BCUT2D eigenvalue weighted by Crippen LogP contribution is -2.46. The summed E-state index contributed by atoms with van der Waals surface area (Å²) in [6.45, 7) is 4.79. The Morgan fingerprint density at radius 1 is 1.07 bits per heavy atom. The van der Waals surface area contributed by atoms with Crippen molar-refractivity contribution in [1.82, 2.24) is 14.5 Å². The molecule has 4 rings (SSSR count). The zero-order valence-corrected chi connectivity index (χ0v) is 17.0. The zero-order chi connectivity index (χ0) is 21.4. The summed E-state index contributed by atoms with van der Waals surface area (Å²) in [7, 11) is 0. The van der Waals surface area contributed by atoms with Gasteiger partial charge in [-0.1, -0.05) is 36.4 Å².